The first-order chi connectivity index (χ1) is 9.54. The van der Waals surface area contributed by atoms with Crippen LogP contribution in [0.25, 0.3) is 5.69 Å². The van der Waals surface area contributed by atoms with Gasteiger partial charge in [0.25, 0.3) is 5.91 Å². The molecule has 0 radical (unpaired) electrons. The van der Waals surface area contributed by atoms with Gasteiger partial charge in [0.05, 0.1) is 29.5 Å². The van der Waals surface area contributed by atoms with E-state index in [1.54, 1.807) is 28.9 Å². The van der Waals surface area contributed by atoms with Crippen LogP contribution in [0.4, 0.5) is 5.69 Å². The van der Waals surface area contributed by atoms with Crippen LogP contribution < -0.4 is 4.90 Å². The van der Waals surface area contributed by atoms with E-state index in [1.807, 2.05) is 32.2 Å². The summed E-state index contributed by atoms with van der Waals surface area (Å²) in [6, 6.07) is 3.77. The van der Waals surface area contributed by atoms with E-state index in [1.165, 1.54) is 0 Å². The molecule has 0 spiro atoms. The van der Waals surface area contributed by atoms with Crippen molar-refractivity contribution in [2.24, 2.45) is 0 Å². The molecule has 5 heteroatoms. The quantitative estimate of drug-likeness (QED) is 0.802. The van der Waals surface area contributed by atoms with Crippen molar-refractivity contribution in [3.8, 4) is 5.69 Å². The molecule has 0 aliphatic carbocycles. The molecular weight excluding hydrogens is 252 g/mol. The van der Waals surface area contributed by atoms with Crippen LogP contribution >= 0.6 is 0 Å². The number of likely N-dealkylation sites (N-methyl/N-ethyl adjacent to an activating group) is 1. The summed E-state index contributed by atoms with van der Waals surface area (Å²) in [5.74, 6) is -0.0821. The number of carbonyl (C=O) groups is 1. The molecular formula is C15H18N4O. The molecule has 0 fully saturated rings. The summed E-state index contributed by atoms with van der Waals surface area (Å²) in [5, 5.41) is 4.44. The van der Waals surface area contributed by atoms with Gasteiger partial charge in [-0.15, -0.1) is 0 Å². The molecule has 2 heterocycles. The van der Waals surface area contributed by atoms with E-state index in [0.717, 1.165) is 17.1 Å². The number of aromatic nitrogens is 3. The van der Waals surface area contributed by atoms with Gasteiger partial charge in [0.15, 0.2) is 0 Å². The molecule has 104 valence electrons. The number of hydrogen-bond donors (Lipinski definition) is 0. The standard InChI is InChI=1S/C15H18N4O/c1-5-18(15(20)11(2)3)14-10-19(17-12(14)4)13-7-6-8-16-9-13/h6-10H,2,5H2,1,3-4H3. The first-order valence-corrected chi connectivity index (χ1v) is 6.48. The maximum Gasteiger partial charge on any atom is 0.253 e. The highest BCUT2D eigenvalue weighted by Crippen LogP contribution is 2.22. The van der Waals surface area contributed by atoms with Gasteiger partial charge in [0, 0.05) is 18.3 Å². The average Bonchev–Trinajstić information content (AvgIpc) is 2.83. The Balaban J connectivity index is 2.41. The molecule has 2 rings (SSSR count). The Hall–Kier alpha value is -2.43. The van der Waals surface area contributed by atoms with Gasteiger partial charge in [-0.2, -0.15) is 5.10 Å². The molecule has 0 aromatic carbocycles. The van der Waals surface area contributed by atoms with Crippen molar-refractivity contribution < 1.29 is 4.79 Å². The molecule has 0 unspecified atom stereocenters. The highest BCUT2D eigenvalue weighted by molar-refractivity contribution is 6.04. The van der Waals surface area contributed by atoms with Crippen LogP contribution in [0.2, 0.25) is 0 Å². The molecule has 0 bridgehead atoms. The van der Waals surface area contributed by atoms with Crippen LogP contribution in [-0.4, -0.2) is 27.2 Å². The lowest BCUT2D eigenvalue weighted by Crippen LogP contribution is -2.31. The van der Waals surface area contributed by atoms with Crippen molar-refractivity contribution in [3.63, 3.8) is 0 Å². The Labute approximate surface area is 118 Å². The number of aryl methyl sites for hydroxylation is 1. The fourth-order valence-corrected chi connectivity index (χ4v) is 1.99. The summed E-state index contributed by atoms with van der Waals surface area (Å²) < 4.78 is 1.73. The first kappa shape index (κ1) is 14.0. The second kappa shape index (κ2) is 5.69. The van der Waals surface area contributed by atoms with Crippen molar-refractivity contribution in [2.75, 3.05) is 11.4 Å². The van der Waals surface area contributed by atoms with E-state index in [4.69, 9.17) is 0 Å². The fraction of sp³-hybridized carbons (Fsp3) is 0.267. The van der Waals surface area contributed by atoms with E-state index in [0.29, 0.717) is 12.1 Å². The maximum atomic E-state index is 12.1. The molecule has 1 amide bonds. The van der Waals surface area contributed by atoms with Crippen LogP contribution in [0.3, 0.4) is 0 Å². The summed E-state index contributed by atoms with van der Waals surface area (Å²) in [6.07, 6.45) is 5.29. The van der Waals surface area contributed by atoms with Gasteiger partial charge in [-0.1, -0.05) is 6.58 Å². The topological polar surface area (TPSA) is 51.0 Å². The van der Waals surface area contributed by atoms with Crippen molar-refractivity contribution >= 4 is 11.6 Å². The Bertz CT molecular complexity index is 631. The first-order valence-electron chi connectivity index (χ1n) is 6.48. The summed E-state index contributed by atoms with van der Waals surface area (Å²) in [4.78, 5) is 17.9. The lowest BCUT2D eigenvalue weighted by Gasteiger charge is -2.19. The SMILES string of the molecule is C=C(C)C(=O)N(CC)c1cn(-c2cccnc2)nc1C. The molecule has 0 aliphatic heterocycles. The lowest BCUT2D eigenvalue weighted by atomic mass is 10.2. The fourth-order valence-electron chi connectivity index (χ4n) is 1.99. The van der Waals surface area contributed by atoms with Gasteiger partial charge in [0.1, 0.15) is 0 Å². The van der Waals surface area contributed by atoms with Gasteiger partial charge in [0.2, 0.25) is 0 Å². The minimum absolute atomic E-state index is 0.0821. The summed E-state index contributed by atoms with van der Waals surface area (Å²) in [5.41, 5.74) is 2.97. The molecule has 0 atom stereocenters. The zero-order valence-electron chi connectivity index (χ0n) is 12.0. The Kier molecular flexibility index (Phi) is 3.98. The monoisotopic (exact) mass is 270 g/mol. The van der Waals surface area contributed by atoms with Crippen molar-refractivity contribution in [1.82, 2.24) is 14.8 Å². The van der Waals surface area contributed by atoms with Crippen LogP contribution in [0.5, 0.6) is 0 Å². The summed E-state index contributed by atoms with van der Waals surface area (Å²) in [6.45, 7) is 9.82. The molecule has 0 N–H and O–H groups in total. The third-order valence-corrected chi connectivity index (χ3v) is 3.00. The third-order valence-electron chi connectivity index (χ3n) is 3.00. The highest BCUT2D eigenvalue weighted by Gasteiger charge is 2.19. The number of hydrogen-bond acceptors (Lipinski definition) is 3. The number of carbonyl (C=O) groups excluding carboxylic acids is 1. The van der Waals surface area contributed by atoms with Crippen LogP contribution in [-0.2, 0) is 4.79 Å². The van der Waals surface area contributed by atoms with Gasteiger partial charge in [-0.3, -0.25) is 9.78 Å². The third kappa shape index (κ3) is 2.61. The van der Waals surface area contributed by atoms with Crippen molar-refractivity contribution in [1.29, 1.82) is 0 Å². The smallest absolute Gasteiger partial charge is 0.253 e. The Morgan fingerprint density at radius 1 is 1.50 bits per heavy atom. The second-order valence-electron chi connectivity index (χ2n) is 4.59. The minimum atomic E-state index is -0.0821. The predicted molar refractivity (Wildman–Crippen MR) is 78.9 cm³/mol. The molecule has 0 saturated heterocycles. The lowest BCUT2D eigenvalue weighted by molar-refractivity contribution is -0.115. The number of rotatable bonds is 4. The van der Waals surface area contributed by atoms with Gasteiger partial charge in [-0.05, 0) is 32.9 Å². The van der Waals surface area contributed by atoms with Crippen LogP contribution in [0.1, 0.15) is 19.5 Å². The van der Waals surface area contributed by atoms with E-state index < -0.39 is 0 Å². The van der Waals surface area contributed by atoms with Crippen LogP contribution in [0.15, 0.2) is 42.9 Å². The number of amides is 1. The maximum absolute atomic E-state index is 12.1. The van der Waals surface area contributed by atoms with E-state index in [9.17, 15) is 4.79 Å². The van der Waals surface area contributed by atoms with Gasteiger partial charge < -0.3 is 4.90 Å². The van der Waals surface area contributed by atoms with Gasteiger partial charge in [-0.25, -0.2) is 4.68 Å². The molecule has 5 nitrogen and oxygen atoms in total. The molecule has 20 heavy (non-hydrogen) atoms. The Morgan fingerprint density at radius 2 is 2.25 bits per heavy atom. The average molecular weight is 270 g/mol. The minimum Gasteiger partial charge on any atom is -0.306 e. The van der Waals surface area contributed by atoms with Crippen molar-refractivity contribution in [3.05, 3.63) is 48.6 Å². The molecule has 0 saturated carbocycles. The van der Waals surface area contributed by atoms with E-state index in [-0.39, 0.29) is 5.91 Å². The highest BCUT2D eigenvalue weighted by atomic mass is 16.2. The second-order valence-corrected chi connectivity index (χ2v) is 4.59. The zero-order valence-corrected chi connectivity index (χ0v) is 12.0. The summed E-state index contributed by atoms with van der Waals surface area (Å²) in [7, 11) is 0. The van der Waals surface area contributed by atoms with E-state index in [2.05, 4.69) is 16.7 Å². The number of nitrogens with zero attached hydrogens (tertiary/aromatic N) is 4. The Morgan fingerprint density at radius 3 is 2.80 bits per heavy atom. The van der Waals surface area contributed by atoms with Crippen LogP contribution in [0, 0.1) is 6.92 Å². The van der Waals surface area contributed by atoms with Crippen molar-refractivity contribution in [2.45, 2.75) is 20.8 Å². The zero-order chi connectivity index (χ0) is 14.7. The molecule has 0 aliphatic rings. The number of pyridine rings is 1. The van der Waals surface area contributed by atoms with Gasteiger partial charge >= 0.3 is 0 Å². The van der Waals surface area contributed by atoms with E-state index >= 15 is 0 Å². The predicted octanol–water partition coefficient (Wildman–Crippen LogP) is 2.50. The molecule has 2 aromatic heterocycles. The summed E-state index contributed by atoms with van der Waals surface area (Å²) >= 11 is 0. The number of anilines is 1. The largest absolute Gasteiger partial charge is 0.306 e. The normalized spacial score (nSPS) is 10.3. The molecule has 2 aromatic rings.